The molecule has 0 aliphatic heterocycles. The molecule has 0 aliphatic carbocycles. The molecule has 2 aromatic rings. The van der Waals surface area contributed by atoms with Crippen LogP contribution in [0.2, 0.25) is 0 Å². The van der Waals surface area contributed by atoms with Gasteiger partial charge in [0.05, 0.1) is 11.9 Å². The van der Waals surface area contributed by atoms with Crippen molar-refractivity contribution in [3.8, 4) is 5.69 Å². The van der Waals surface area contributed by atoms with Crippen molar-refractivity contribution in [2.45, 2.75) is 0 Å². The van der Waals surface area contributed by atoms with Crippen LogP contribution in [0.4, 0.5) is 5.69 Å². The van der Waals surface area contributed by atoms with Gasteiger partial charge in [-0.15, -0.1) is 0 Å². The van der Waals surface area contributed by atoms with Gasteiger partial charge in [0.1, 0.15) is 12.0 Å². The van der Waals surface area contributed by atoms with E-state index in [1.807, 2.05) is 16.8 Å². The van der Waals surface area contributed by atoms with Gasteiger partial charge in [0, 0.05) is 5.38 Å². The molecule has 0 spiro atoms. The second-order valence-electron chi connectivity index (χ2n) is 2.51. The molecule has 0 aliphatic rings. The number of hydrogen-bond donors (Lipinski definition) is 1. The molecule has 4 nitrogen and oxygen atoms in total. The van der Waals surface area contributed by atoms with Crippen LogP contribution in [-0.2, 0) is 0 Å². The minimum absolute atomic E-state index is 0.161. The zero-order valence-corrected chi connectivity index (χ0v) is 7.49. The lowest BCUT2D eigenvalue weighted by Crippen LogP contribution is -2.20. The summed E-state index contributed by atoms with van der Waals surface area (Å²) in [5.74, 6) is 0. The normalized spacial score (nSPS) is 10.2. The maximum Gasteiger partial charge on any atom is 0.281 e. The molecule has 2 rings (SSSR count). The second kappa shape index (κ2) is 3.02. The molecular weight excluding hydrogens is 186 g/mol. The van der Waals surface area contributed by atoms with Gasteiger partial charge in [0.15, 0.2) is 0 Å². The standard InChI is InChI=1S/C8H7N3OS/c9-7-3-10-5-11(8(7)12)6-1-2-13-4-6/h1-5H,9H2. The first-order valence-corrected chi connectivity index (χ1v) is 4.58. The van der Waals surface area contributed by atoms with Crippen LogP contribution in [-0.4, -0.2) is 9.55 Å². The number of nitrogens with two attached hydrogens (primary N) is 1. The summed E-state index contributed by atoms with van der Waals surface area (Å²) in [6.45, 7) is 0. The van der Waals surface area contributed by atoms with E-state index in [2.05, 4.69) is 4.98 Å². The number of hydrogen-bond acceptors (Lipinski definition) is 4. The molecule has 0 fully saturated rings. The Morgan fingerprint density at radius 3 is 3.08 bits per heavy atom. The quantitative estimate of drug-likeness (QED) is 0.731. The van der Waals surface area contributed by atoms with Gasteiger partial charge < -0.3 is 5.73 Å². The second-order valence-corrected chi connectivity index (χ2v) is 3.29. The van der Waals surface area contributed by atoms with Crippen molar-refractivity contribution in [1.82, 2.24) is 9.55 Å². The number of thiophene rings is 1. The molecule has 5 heteroatoms. The van der Waals surface area contributed by atoms with Gasteiger partial charge in [-0.3, -0.25) is 9.36 Å². The molecule has 66 valence electrons. The Morgan fingerprint density at radius 1 is 1.54 bits per heavy atom. The number of anilines is 1. The Hall–Kier alpha value is -1.62. The van der Waals surface area contributed by atoms with Crippen LogP contribution < -0.4 is 11.3 Å². The third-order valence-electron chi connectivity index (χ3n) is 1.65. The molecule has 2 N–H and O–H groups in total. The third kappa shape index (κ3) is 1.33. The molecule has 2 aromatic heterocycles. The summed E-state index contributed by atoms with van der Waals surface area (Å²) in [6.07, 6.45) is 2.81. The third-order valence-corrected chi connectivity index (χ3v) is 2.32. The van der Waals surface area contributed by atoms with E-state index in [-0.39, 0.29) is 11.2 Å². The highest BCUT2D eigenvalue weighted by Gasteiger charge is 2.01. The van der Waals surface area contributed by atoms with Crippen molar-refractivity contribution in [3.63, 3.8) is 0 Å². The predicted molar refractivity (Wildman–Crippen MR) is 52.1 cm³/mol. The monoisotopic (exact) mass is 193 g/mol. The predicted octanol–water partition coefficient (Wildman–Crippen LogP) is 0.876. The van der Waals surface area contributed by atoms with Gasteiger partial charge >= 0.3 is 0 Å². The van der Waals surface area contributed by atoms with Gasteiger partial charge in [0.25, 0.3) is 5.56 Å². The average Bonchev–Trinajstić information content (AvgIpc) is 2.62. The highest BCUT2D eigenvalue weighted by Crippen LogP contribution is 2.09. The van der Waals surface area contributed by atoms with E-state index in [1.165, 1.54) is 28.4 Å². The Bertz CT molecular complexity index is 460. The lowest BCUT2D eigenvalue weighted by Gasteiger charge is -2.01. The highest BCUT2D eigenvalue weighted by atomic mass is 32.1. The van der Waals surface area contributed by atoms with Crippen LogP contribution in [0.1, 0.15) is 0 Å². The number of nitrogens with zero attached hydrogens (tertiary/aromatic N) is 2. The largest absolute Gasteiger partial charge is 0.393 e. The molecule has 0 atom stereocenters. The molecule has 2 heterocycles. The molecule has 0 amide bonds. The fourth-order valence-electron chi connectivity index (χ4n) is 1.01. The lowest BCUT2D eigenvalue weighted by atomic mass is 10.4. The summed E-state index contributed by atoms with van der Waals surface area (Å²) < 4.78 is 1.42. The van der Waals surface area contributed by atoms with Gasteiger partial charge in [-0.1, -0.05) is 0 Å². The smallest absolute Gasteiger partial charge is 0.281 e. The van der Waals surface area contributed by atoms with E-state index in [1.54, 1.807) is 0 Å². The summed E-state index contributed by atoms with van der Waals surface area (Å²) in [6, 6.07) is 1.84. The van der Waals surface area contributed by atoms with Crippen molar-refractivity contribution in [3.05, 3.63) is 39.7 Å². The van der Waals surface area contributed by atoms with E-state index in [0.717, 1.165) is 5.69 Å². The minimum Gasteiger partial charge on any atom is -0.393 e. The van der Waals surface area contributed by atoms with Crippen LogP contribution >= 0.6 is 11.3 Å². The topological polar surface area (TPSA) is 60.9 Å². The Kier molecular flexibility index (Phi) is 1.86. The average molecular weight is 193 g/mol. The van der Waals surface area contributed by atoms with Crippen molar-refractivity contribution in [2.75, 3.05) is 5.73 Å². The summed E-state index contributed by atoms with van der Waals surface area (Å²) in [7, 11) is 0. The number of rotatable bonds is 1. The van der Waals surface area contributed by atoms with Crippen LogP contribution in [0.5, 0.6) is 0 Å². The molecule has 0 radical (unpaired) electrons. The summed E-state index contributed by atoms with van der Waals surface area (Å²) >= 11 is 1.52. The first kappa shape index (κ1) is 8.00. The molecule has 0 saturated heterocycles. The van der Waals surface area contributed by atoms with Crippen molar-refractivity contribution < 1.29 is 0 Å². The van der Waals surface area contributed by atoms with E-state index < -0.39 is 0 Å². The van der Waals surface area contributed by atoms with Gasteiger partial charge in [-0.25, -0.2) is 4.98 Å². The lowest BCUT2D eigenvalue weighted by molar-refractivity contribution is 0.946. The van der Waals surface area contributed by atoms with Crippen molar-refractivity contribution in [1.29, 1.82) is 0 Å². The van der Waals surface area contributed by atoms with Crippen molar-refractivity contribution >= 4 is 17.0 Å². The first-order valence-electron chi connectivity index (χ1n) is 3.64. The van der Waals surface area contributed by atoms with E-state index in [4.69, 9.17) is 5.73 Å². The van der Waals surface area contributed by atoms with Gasteiger partial charge in [0.2, 0.25) is 0 Å². The molecule has 0 bridgehead atoms. The molecule has 0 saturated carbocycles. The Morgan fingerprint density at radius 2 is 2.38 bits per heavy atom. The maximum atomic E-state index is 11.5. The SMILES string of the molecule is Nc1cncn(-c2ccsc2)c1=O. The fraction of sp³-hybridized carbons (Fsp3) is 0. The number of nitrogen functional groups attached to an aromatic ring is 1. The zero-order valence-electron chi connectivity index (χ0n) is 6.68. The minimum atomic E-state index is -0.228. The van der Waals surface area contributed by atoms with Crippen LogP contribution in [0.3, 0.4) is 0 Å². The molecule has 0 aromatic carbocycles. The highest BCUT2D eigenvalue weighted by molar-refractivity contribution is 7.08. The van der Waals surface area contributed by atoms with Crippen LogP contribution in [0, 0.1) is 0 Å². The van der Waals surface area contributed by atoms with E-state index in [9.17, 15) is 4.79 Å². The maximum absolute atomic E-state index is 11.5. The summed E-state index contributed by atoms with van der Waals surface area (Å²) in [5, 5.41) is 3.76. The van der Waals surface area contributed by atoms with Gasteiger partial charge in [-0.05, 0) is 11.4 Å². The van der Waals surface area contributed by atoms with Crippen molar-refractivity contribution in [2.24, 2.45) is 0 Å². The molecule has 0 unspecified atom stereocenters. The van der Waals surface area contributed by atoms with Crippen LogP contribution in [0.25, 0.3) is 5.69 Å². The molecular formula is C8H7N3OS. The van der Waals surface area contributed by atoms with Crippen LogP contribution in [0.15, 0.2) is 34.1 Å². The number of aromatic nitrogens is 2. The Labute approximate surface area is 78.3 Å². The summed E-state index contributed by atoms with van der Waals surface area (Å²) in [5.41, 5.74) is 6.17. The van der Waals surface area contributed by atoms with E-state index >= 15 is 0 Å². The zero-order chi connectivity index (χ0) is 9.26. The molecule has 13 heavy (non-hydrogen) atoms. The van der Waals surface area contributed by atoms with Gasteiger partial charge in [-0.2, -0.15) is 11.3 Å². The fourth-order valence-corrected chi connectivity index (χ4v) is 1.63. The van der Waals surface area contributed by atoms with E-state index in [0.29, 0.717) is 0 Å². The summed E-state index contributed by atoms with van der Waals surface area (Å²) in [4.78, 5) is 15.3. The first-order chi connectivity index (χ1) is 6.29. The Balaban J connectivity index is 2.66.